The van der Waals surface area contributed by atoms with Crippen molar-refractivity contribution >= 4 is 39.5 Å². The summed E-state index contributed by atoms with van der Waals surface area (Å²) < 4.78 is 32.9. The van der Waals surface area contributed by atoms with Gasteiger partial charge in [-0.3, -0.25) is 14.7 Å². The number of nitrogens with zero attached hydrogens (tertiary/aromatic N) is 4. The average Bonchev–Trinajstić information content (AvgIpc) is 3.37. The molecule has 0 aromatic heterocycles. The van der Waals surface area contributed by atoms with E-state index >= 15 is 0 Å². The Morgan fingerprint density at radius 2 is 1.79 bits per heavy atom. The highest BCUT2D eigenvalue weighted by atomic mass is 35.5. The van der Waals surface area contributed by atoms with E-state index in [1.165, 1.54) is 9.21 Å². The number of rotatable bonds is 11. The number of amides is 2. The molecule has 10 nitrogen and oxygen atoms in total. The number of aryl methyl sites for hydroxylation is 2. The highest BCUT2D eigenvalue weighted by molar-refractivity contribution is 7.89. The normalized spacial score (nSPS) is 13.5. The summed E-state index contributed by atoms with van der Waals surface area (Å²) in [6.07, 6.45) is 0.263. The fourth-order valence-electron chi connectivity index (χ4n) is 4.55. The summed E-state index contributed by atoms with van der Waals surface area (Å²) in [5.41, 5.74) is 2.58. The minimum absolute atomic E-state index is 0.0836. The molecule has 212 valence electrons. The molecule has 0 aliphatic carbocycles. The van der Waals surface area contributed by atoms with Gasteiger partial charge in [0, 0.05) is 44.2 Å². The van der Waals surface area contributed by atoms with E-state index in [-0.39, 0.29) is 30.3 Å². The van der Waals surface area contributed by atoms with Crippen molar-refractivity contribution in [1.29, 1.82) is 0 Å². The van der Waals surface area contributed by atoms with Crippen LogP contribution in [0.1, 0.15) is 41.5 Å². The van der Waals surface area contributed by atoms with Crippen LogP contribution in [0.4, 0.5) is 4.79 Å². The molecule has 0 unspecified atom stereocenters. The monoisotopic (exact) mass is 578 g/mol. The summed E-state index contributed by atoms with van der Waals surface area (Å²) in [7, 11) is 1.09. The van der Waals surface area contributed by atoms with Crippen LogP contribution in [0.3, 0.4) is 0 Å². The van der Waals surface area contributed by atoms with Crippen molar-refractivity contribution in [2.24, 2.45) is 4.99 Å². The van der Waals surface area contributed by atoms with E-state index in [1.54, 1.807) is 70.3 Å². The molecule has 0 fully saturated rings. The lowest BCUT2D eigenvalue weighted by atomic mass is 10.1. The molecule has 39 heavy (non-hydrogen) atoms. The Bertz CT molecular complexity index is 1360. The first-order chi connectivity index (χ1) is 18.4. The van der Waals surface area contributed by atoms with Gasteiger partial charge in [-0.15, -0.1) is 0 Å². The number of halogens is 1. The minimum atomic E-state index is -3.68. The van der Waals surface area contributed by atoms with Crippen LogP contribution in [0, 0.1) is 13.8 Å². The molecule has 1 aliphatic heterocycles. The molecule has 1 heterocycles. The number of amidine groups is 1. The van der Waals surface area contributed by atoms with E-state index < -0.39 is 16.1 Å². The number of ether oxygens (including phenoxy) is 1. The molecule has 2 aromatic rings. The molecule has 2 aromatic carbocycles. The second-order valence-corrected chi connectivity index (χ2v) is 12.0. The van der Waals surface area contributed by atoms with E-state index in [9.17, 15) is 23.1 Å². The van der Waals surface area contributed by atoms with Crippen LogP contribution in [-0.2, 0) is 21.4 Å². The van der Waals surface area contributed by atoms with Gasteiger partial charge >= 0.3 is 6.09 Å². The highest BCUT2D eigenvalue weighted by Crippen LogP contribution is 2.28. The molecule has 0 spiro atoms. The Kier molecular flexibility index (Phi) is 9.98. The fourth-order valence-corrected chi connectivity index (χ4v) is 6.40. The largest absolute Gasteiger partial charge is 0.497 e. The van der Waals surface area contributed by atoms with Gasteiger partial charge < -0.3 is 14.7 Å². The predicted molar refractivity (Wildman–Crippen MR) is 150 cm³/mol. The van der Waals surface area contributed by atoms with Gasteiger partial charge in [-0.1, -0.05) is 23.7 Å². The Morgan fingerprint density at radius 3 is 2.38 bits per heavy atom. The molecule has 2 amide bonds. The molecule has 12 heteroatoms. The van der Waals surface area contributed by atoms with Crippen LogP contribution in [0.2, 0.25) is 5.02 Å². The first-order valence-corrected chi connectivity index (χ1v) is 14.4. The molecule has 0 radical (unpaired) electrons. The number of hydrogen-bond acceptors (Lipinski definition) is 6. The van der Waals surface area contributed by atoms with Crippen LogP contribution in [0.5, 0.6) is 5.75 Å². The molecular formula is C27H35ClN4O6S. The van der Waals surface area contributed by atoms with Gasteiger partial charge in [0.25, 0.3) is 0 Å². The van der Waals surface area contributed by atoms with Crippen LogP contribution >= 0.6 is 11.6 Å². The molecule has 0 saturated carbocycles. The summed E-state index contributed by atoms with van der Waals surface area (Å²) in [6, 6.07) is 8.59. The maximum absolute atomic E-state index is 13.2. The smallest absolute Gasteiger partial charge is 0.413 e. The van der Waals surface area contributed by atoms with E-state index in [4.69, 9.17) is 16.3 Å². The lowest BCUT2D eigenvalue weighted by Gasteiger charge is -2.21. The fraction of sp³-hybridized carbons (Fsp3) is 0.444. The molecule has 0 bridgehead atoms. The Balaban J connectivity index is 1.52. The van der Waals surface area contributed by atoms with E-state index in [0.717, 1.165) is 5.56 Å². The van der Waals surface area contributed by atoms with Crippen molar-refractivity contribution in [3.05, 3.63) is 57.6 Å². The molecule has 0 saturated heterocycles. The number of carbonyl (C=O) groups excluding carboxylic acids is 1. The topological polar surface area (TPSA) is 120 Å². The maximum atomic E-state index is 13.2. The van der Waals surface area contributed by atoms with Crippen molar-refractivity contribution in [2.45, 2.75) is 44.6 Å². The summed E-state index contributed by atoms with van der Waals surface area (Å²) in [6.45, 7) is 4.78. The standard InChI is InChI=1S/C27H35ClN4O6S/c1-18-14-22(38-5)15-19(2)25(18)39(36,37)31(4)12-7-6-8-24(33)30(3)17-21-10-9-20(16-23(21)28)26-29-11-13-32(26)27(34)35/h9-10,14-16H,6-8,11-13,17H2,1-5H3,(H,34,35). The number of aliphatic imine (C=N–C) groups is 1. The van der Waals surface area contributed by atoms with E-state index in [1.807, 2.05) is 0 Å². The van der Waals surface area contributed by atoms with Gasteiger partial charge in [0.1, 0.15) is 11.6 Å². The molecule has 1 aliphatic rings. The van der Waals surface area contributed by atoms with Crippen molar-refractivity contribution in [3.8, 4) is 5.75 Å². The van der Waals surface area contributed by atoms with E-state index in [0.29, 0.717) is 59.2 Å². The van der Waals surface area contributed by atoms with Gasteiger partial charge in [0.15, 0.2) is 0 Å². The third-order valence-corrected chi connectivity index (χ3v) is 9.18. The second kappa shape index (κ2) is 12.8. The average molecular weight is 579 g/mol. The first-order valence-electron chi connectivity index (χ1n) is 12.6. The zero-order chi connectivity index (χ0) is 28.9. The lowest BCUT2D eigenvalue weighted by molar-refractivity contribution is -0.130. The molecule has 1 N–H and O–H groups in total. The summed E-state index contributed by atoms with van der Waals surface area (Å²) >= 11 is 6.45. The first kappa shape index (κ1) is 30.4. The van der Waals surface area contributed by atoms with Crippen molar-refractivity contribution in [1.82, 2.24) is 14.1 Å². The number of unbranched alkanes of at least 4 members (excludes halogenated alkanes) is 1. The van der Waals surface area contributed by atoms with E-state index in [2.05, 4.69) is 4.99 Å². The number of benzene rings is 2. The van der Waals surface area contributed by atoms with Gasteiger partial charge in [-0.2, -0.15) is 0 Å². The summed E-state index contributed by atoms with van der Waals surface area (Å²) in [5, 5.41) is 9.75. The van der Waals surface area contributed by atoms with Crippen molar-refractivity contribution < 1.29 is 27.9 Å². The predicted octanol–water partition coefficient (Wildman–Crippen LogP) is 4.16. The number of methoxy groups -OCH3 is 1. The number of carboxylic acid groups (broad SMARTS) is 1. The SMILES string of the molecule is COc1cc(C)c(S(=O)(=O)N(C)CCCCC(=O)N(C)Cc2ccc(C3=NCCN3C(=O)O)cc2Cl)c(C)c1. The van der Waals surface area contributed by atoms with Gasteiger partial charge in [0.05, 0.1) is 25.1 Å². The molecule has 3 rings (SSSR count). The Labute approximate surface area is 234 Å². The molecular weight excluding hydrogens is 544 g/mol. The quantitative estimate of drug-likeness (QED) is 0.400. The summed E-state index contributed by atoms with van der Waals surface area (Å²) in [4.78, 5) is 31.4. The van der Waals surface area contributed by atoms with Crippen LogP contribution in [-0.4, -0.2) is 86.3 Å². The van der Waals surface area contributed by atoms with Crippen LogP contribution in [0.15, 0.2) is 40.2 Å². The van der Waals surface area contributed by atoms with Gasteiger partial charge in [-0.25, -0.2) is 17.5 Å². The molecule has 0 atom stereocenters. The highest BCUT2D eigenvalue weighted by Gasteiger charge is 2.26. The van der Waals surface area contributed by atoms with Crippen molar-refractivity contribution in [3.63, 3.8) is 0 Å². The second-order valence-electron chi connectivity index (χ2n) is 9.57. The Morgan fingerprint density at radius 1 is 1.13 bits per heavy atom. The third kappa shape index (κ3) is 7.09. The van der Waals surface area contributed by atoms with Crippen LogP contribution < -0.4 is 4.74 Å². The number of carbonyl (C=O) groups is 2. The third-order valence-electron chi connectivity index (χ3n) is 6.67. The van der Waals surface area contributed by atoms with Gasteiger partial charge in [0.2, 0.25) is 15.9 Å². The van der Waals surface area contributed by atoms with Crippen LogP contribution in [0.25, 0.3) is 0 Å². The van der Waals surface area contributed by atoms with Gasteiger partial charge in [-0.05, 0) is 61.6 Å². The Hall–Kier alpha value is -3.15. The number of hydrogen-bond donors (Lipinski definition) is 1. The zero-order valence-electron chi connectivity index (χ0n) is 22.9. The van der Waals surface area contributed by atoms with Crippen molar-refractivity contribution in [2.75, 3.05) is 40.8 Å². The number of sulfonamides is 1. The maximum Gasteiger partial charge on any atom is 0.413 e. The lowest BCUT2D eigenvalue weighted by Crippen LogP contribution is -2.33. The zero-order valence-corrected chi connectivity index (χ0v) is 24.5. The summed E-state index contributed by atoms with van der Waals surface area (Å²) in [5.74, 6) is 0.893. The minimum Gasteiger partial charge on any atom is -0.497 e.